The zero-order valence-corrected chi connectivity index (χ0v) is 18.6. The molecule has 0 aromatic heterocycles. The van der Waals surface area contributed by atoms with Crippen molar-refractivity contribution < 1.29 is 9.59 Å². The van der Waals surface area contributed by atoms with Crippen LogP contribution in [-0.4, -0.2) is 11.8 Å². The molecule has 3 aromatic carbocycles. The number of nitrogens with one attached hydrogen (secondary N) is 1. The molecule has 0 atom stereocenters. The summed E-state index contributed by atoms with van der Waals surface area (Å²) in [6.07, 6.45) is 0.840. The van der Waals surface area contributed by atoms with Crippen molar-refractivity contribution in [3.63, 3.8) is 0 Å². The summed E-state index contributed by atoms with van der Waals surface area (Å²) in [5, 5.41) is 2.57. The fourth-order valence-corrected chi connectivity index (χ4v) is 4.07. The number of aryl methyl sites for hydroxylation is 1. The highest BCUT2D eigenvalue weighted by Crippen LogP contribution is 2.36. The molecule has 0 saturated carbocycles. The first kappa shape index (κ1) is 19.8. The maximum atomic E-state index is 13.3. The van der Waals surface area contributed by atoms with Crippen LogP contribution in [0.15, 0.2) is 81.7 Å². The van der Waals surface area contributed by atoms with Gasteiger partial charge >= 0.3 is 0 Å². The Labute approximate surface area is 186 Å². The van der Waals surface area contributed by atoms with E-state index in [2.05, 4.69) is 37.2 Å². The minimum atomic E-state index is -0.382. The molecular formula is C24H17Br2NO2. The number of benzene rings is 3. The summed E-state index contributed by atoms with van der Waals surface area (Å²) in [6.45, 7) is 0. The molecule has 144 valence electrons. The Bertz CT molecular complexity index is 1120. The number of hydrogen-bond donors (Lipinski definition) is 1. The Balaban J connectivity index is 2.08. The van der Waals surface area contributed by atoms with E-state index in [-0.39, 0.29) is 18.2 Å². The quantitative estimate of drug-likeness (QED) is 0.445. The van der Waals surface area contributed by atoms with Gasteiger partial charge in [0.25, 0.3) is 5.91 Å². The molecule has 5 heteroatoms. The van der Waals surface area contributed by atoms with E-state index in [1.165, 1.54) is 0 Å². The van der Waals surface area contributed by atoms with E-state index in [1.807, 2.05) is 72.8 Å². The lowest BCUT2D eigenvalue weighted by atomic mass is 9.86. The lowest BCUT2D eigenvalue weighted by Crippen LogP contribution is -2.31. The van der Waals surface area contributed by atoms with Gasteiger partial charge in [0.2, 0.25) is 5.91 Å². The molecule has 1 N–H and O–H groups in total. The molecule has 1 heterocycles. The molecule has 1 aliphatic rings. The van der Waals surface area contributed by atoms with Gasteiger partial charge in [-0.1, -0.05) is 80.4 Å². The summed E-state index contributed by atoms with van der Waals surface area (Å²) < 4.78 is 1.88. The Morgan fingerprint density at radius 2 is 1.21 bits per heavy atom. The highest BCUT2D eigenvalue weighted by Gasteiger charge is 2.25. The third kappa shape index (κ3) is 4.26. The highest BCUT2D eigenvalue weighted by molar-refractivity contribution is 9.10. The number of fused-ring (bicyclic) bond motifs is 1. The van der Waals surface area contributed by atoms with E-state index in [4.69, 9.17) is 0 Å². The van der Waals surface area contributed by atoms with Gasteiger partial charge in [-0.15, -0.1) is 0 Å². The largest absolute Gasteiger partial charge is 0.292 e. The van der Waals surface area contributed by atoms with E-state index in [9.17, 15) is 9.59 Å². The highest BCUT2D eigenvalue weighted by atomic mass is 79.9. The van der Waals surface area contributed by atoms with Crippen LogP contribution in [0.5, 0.6) is 0 Å². The zero-order valence-electron chi connectivity index (χ0n) is 15.4. The maximum Gasteiger partial charge on any atom is 0.259 e. The number of halogens is 2. The van der Waals surface area contributed by atoms with E-state index < -0.39 is 0 Å². The minimum Gasteiger partial charge on any atom is -0.292 e. The van der Waals surface area contributed by atoms with Crippen molar-refractivity contribution in [1.29, 1.82) is 0 Å². The average molecular weight is 511 g/mol. The van der Waals surface area contributed by atoms with Crippen LogP contribution in [0.3, 0.4) is 0 Å². The van der Waals surface area contributed by atoms with Crippen LogP contribution in [-0.2, 0) is 16.0 Å². The van der Waals surface area contributed by atoms with Crippen LogP contribution in [0, 0.1) is 0 Å². The predicted octanol–water partition coefficient (Wildman–Crippen LogP) is 5.76. The van der Waals surface area contributed by atoms with Gasteiger partial charge in [0.15, 0.2) is 0 Å². The van der Waals surface area contributed by atoms with E-state index in [0.717, 1.165) is 36.8 Å². The van der Waals surface area contributed by atoms with Gasteiger partial charge in [0.05, 0.1) is 5.57 Å². The molecule has 2 amide bonds. The number of hydrogen-bond acceptors (Lipinski definition) is 2. The summed E-state index contributed by atoms with van der Waals surface area (Å²) in [6, 6.07) is 23.5. The lowest BCUT2D eigenvalue weighted by molar-refractivity contribution is -0.127. The molecule has 0 aliphatic carbocycles. The van der Waals surface area contributed by atoms with Gasteiger partial charge in [-0.25, -0.2) is 0 Å². The SMILES string of the molecule is O=C1CCc2ccccc2/C(c2ccc(Br)cc2)=C(/c2ccc(Br)cc2)C(=O)N1. The van der Waals surface area contributed by atoms with Crippen molar-refractivity contribution in [2.24, 2.45) is 0 Å². The Hall–Kier alpha value is -2.50. The van der Waals surface area contributed by atoms with Gasteiger partial charge in [0.1, 0.15) is 0 Å². The smallest absolute Gasteiger partial charge is 0.259 e. The second-order valence-electron chi connectivity index (χ2n) is 6.80. The van der Waals surface area contributed by atoms with Gasteiger partial charge in [-0.05, 0) is 52.9 Å². The number of rotatable bonds is 2. The molecule has 1 aliphatic heterocycles. The van der Waals surface area contributed by atoms with Crippen molar-refractivity contribution in [3.05, 3.63) is 104 Å². The van der Waals surface area contributed by atoms with Crippen LogP contribution < -0.4 is 5.32 Å². The molecule has 4 rings (SSSR count). The maximum absolute atomic E-state index is 13.3. The Kier molecular flexibility index (Phi) is 5.79. The van der Waals surface area contributed by atoms with E-state index >= 15 is 0 Å². The van der Waals surface area contributed by atoms with Crippen molar-refractivity contribution >= 4 is 54.8 Å². The molecule has 0 unspecified atom stereocenters. The number of carbonyl (C=O) groups is 2. The summed E-state index contributed by atoms with van der Waals surface area (Å²) in [5.74, 6) is -0.650. The van der Waals surface area contributed by atoms with Gasteiger partial charge < -0.3 is 0 Å². The second-order valence-corrected chi connectivity index (χ2v) is 8.63. The number of imide groups is 1. The molecular weight excluding hydrogens is 494 g/mol. The number of amides is 2. The normalized spacial score (nSPS) is 17.0. The van der Waals surface area contributed by atoms with Crippen LogP contribution in [0.4, 0.5) is 0 Å². The van der Waals surface area contributed by atoms with Gasteiger partial charge in [-0.2, -0.15) is 0 Å². The van der Waals surface area contributed by atoms with Crippen molar-refractivity contribution in [2.45, 2.75) is 12.8 Å². The van der Waals surface area contributed by atoms with Crippen LogP contribution >= 0.6 is 31.9 Å². The van der Waals surface area contributed by atoms with Crippen LogP contribution in [0.2, 0.25) is 0 Å². The second kappa shape index (κ2) is 8.47. The molecule has 29 heavy (non-hydrogen) atoms. The summed E-state index contributed by atoms with van der Waals surface area (Å²) in [5.41, 5.74) is 5.00. The first-order chi connectivity index (χ1) is 14.0. The molecule has 3 aromatic rings. The zero-order chi connectivity index (χ0) is 20.4. The first-order valence-electron chi connectivity index (χ1n) is 9.21. The molecule has 0 saturated heterocycles. The molecule has 0 fully saturated rings. The third-order valence-electron chi connectivity index (χ3n) is 4.90. The van der Waals surface area contributed by atoms with Crippen molar-refractivity contribution in [1.82, 2.24) is 5.32 Å². The van der Waals surface area contributed by atoms with Gasteiger partial charge in [-0.3, -0.25) is 14.9 Å². The summed E-state index contributed by atoms with van der Waals surface area (Å²) in [4.78, 5) is 25.6. The molecule has 0 radical (unpaired) electrons. The fraction of sp³-hybridized carbons (Fsp3) is 0.0833. The average Bonchev–Trinajstić information content (AvgIpc) is 2.77. The van der Waals surface area contributed by atoms with Crippen LogP contribution in [0.25, 0.3) is 11.1 Å². The van der Waals surface area contributed by atoms with E-state index in [0.29, 0.717) is 12.0 Å². The molecule has 0 bridgehead atoms. The number of carbonyl (C=O) groups excluding carboxylic acids is 2. The Morgan fingerprint density at radius 1 is 0.655 bits per heavy atom. The van der Waals surface area contributed by atoms with Crippen molar-refractivity contribution in [3.8, 4) is 0 Å². The van der Waals surface area contributed by atoms with Gasteiger partial charge in [0, 0.05) is 20.9 Å². The monoisotopic (exact) mass is 509 g/mol. The predicted molar refractivity (Wildman–Crippen MR) is 122 cm³/mol. The van der Waals surface area contributed by atoms with Crippen LogP contribution in [0.1, 0.15) is 28.7 Å². The standard InChI is InChI=1S/C24H17Br2NO2/c25-18-10-5-16(6-11-18)22-20-4-2-1-3-15(20)9-14-21(28)27-24(29)23(22)17-7-12-19(26)13-8-17/h1-8,10-13H,9,14H2,(H,27,28,29)/b23-22-. The van der Waals surface area contributed by atoms with Crippen molar-refractivity contribution in [2.75, 3.05) is 0 Å². The topological polar surface area (TPSA) is 46.2 Å². The first-order valence-corrected chi connectivity index (χ1v) is 10.8. The fourth-order valence-electron chi connectivity index (χ4n) is 3.54. The van der Waals surface area contributed by atoms with E-state index in [1.54, 1.807) is 0 Å². The third-order valence-corrected chi connectivity index (χ3v) is 5.96. The minimum absolute atomic E-state index is 0.267. The lowest BCUT2D eigenvalue weighted by Gasteiger charge is -2.18. The molecule has 3 nitrogen and oxygen atoms in total. The Morgan fingerprint density at radius 3 is 1.83 bits per heavy atom. The summed E-state index contributed by atoms with van der Waals surface area (Å²) in [7, 11) is 0. The molecule has 0 spiro atoms. The summed E-state index contributed by atoms with van der Waals surface area (Å²) >= 11 is 6.94.